The molecule has 0 unspecified atom stereocenters. The first-order chi connectivity index (χ1) is 16.9. The summed E-state index contributed by atoms with van der Waals surface area (Å²) in [5, 5.41) is 8.33. The summed E-state index contributed by atoms with van der Waals surface area (Å²) in [5.41, 5.74) is 4.19. The molecule has 0 aliphatic carbocycles. The molecule has 1 amide bonds. The molecular formula is C26H27FN4O4. The van der Waals surface area contributed by atoms with E-state index in [9.17, 15) is 9.18 Å². The largest absolute Gasteiger partial charge is 0.497 e. The monoisotopic (exact) mass is 478 g/mol. The molecule has 0 radical (unpaired) electrons. The third kappa shape index (κ3) is 4.75. The Balaban J connectivity index is 1.62. The zero-order valence-corrected chi connectivity index (χ0v) is 20.3. The summed E-state index contributed by atoms with van der Waals surface area (Å²) >= 11 is 0. The summed E-state index contributed by atoms with van der Waals surface area (Å²) in [7, 11) is 4.64. The summed E-state index contributed by atoms with van der Waals surface area (Å²) < 4.78 is 31.6. The van der Waals surface area contributed by atoms with Crippen LogP contribution in [0.2, 0.25) is 0 Å². The van der Waals surface area contributed by atoms with Crippen LogP contribution in [-0.4, -0.2) is 42.0 Å². The second-order valence-corrected chi connectivity index (χ2v) is 8.01. The molecule has 4 rings (SSSR count). The van der Waals surface area contributed by atoms with Crippen LogP contribution in [-0.2, 0) is 11.2 Å². The zero-order chi connectivity index (χ0) is 25.1. The molecule has 2 heterocycles. The Kier molecular flexibility index (Phi) is 6.86. The first kappa shape index (κ1) is 24.0. The van der Waals surface area contributed by atoms with E-state index in [1.165, 1.54) is 26.4 Å². The number of anilines is 1. The number of nitrogens with zero attached hydrogens (tertiary/aromatic N) is 3. The number of pyridine rings is 1. The van der Waals surface area contributed by atoms with E-state index in [0.29, 0.717) is 40.8 Å². The van der Waals surface area contributed by atoms with Gasteiger partial charge in [-0.3, -0.25) is 4.79 Å². The summed E-state index contributed by atoms with van der Waals surface area (Å²) in [5.74, 6) is 1.01. The molecule has 0 saturated carbocycles. The highest BCUT2D eigenvalue weighted by Gasteiger charge is 2.21. The van der Waals surface area contributed by atoms with Crippen LogP contribution in [0.15, 0.2) is 42.5 Å². The molecule has 4 aromatic rings. The number of benzene rings is 2. The number of aromatic nitrogens is 3. The Morgan fingerprint density at radius 1 is 1.06 bits per heavy atom. The van der Waals surface area contributed by atoms with Crippen molar-refractivity contribution in [2.45, 2.75) is 26.7 Å². The lowest BCUT2D eigenvalue weighted by Gasteiger charge is -2.14. The molecule has 0 atom stereocenters. The van der Waals surface area contributed by atoms with Crippen molar-refractivity contribution in [3.63, 3.8) is 0 Å². The van der Waals surface area contributed by atoms with Crippen molar-refractivity contribution in [1.82, 2.24) is 14.8 Å². The average Bonchev–Trinajstić information content (AvgIpc) is 3.19. The zero-order valence-electron chi connectivity index (χ0n) is 20.3. The third-order valence-electron chi connectivity index (χ3n) is 5.86. The van der Waals surface area contributed by atoms with Gasteiger partial charge in [-0.25, -0.2) is 9.07 Å². The Labute approximate surface area is 202 Å². The summed E-state index contributed by atoms with van der Waals surface area (Å²) in [6.07, 6.45) is 0.615. The van der Waals surface area contributed by atoms with Crippen LogP contribution in [0.4, 0.5) is 10.1 Å². The fourth-order valence-corrected chi connectivity index (χ4v) is 4.14. The van der Waals surface area contributed by atoms with Crippen molar-refractivity contribution in [1.29, 1.82) is 0 Å². The molecule has 0 aliphatic rings. The lowest BCUT2D eigenvalue weighted by molar-refractivity contribution is -0.116. The van der Waals surface area contributed by atoms with Gasteiger partial charge in [0.25, 0.3) is 0 Å². The number of rotatable bonds is 8. The van der Waals surface area contributed by atoms with Crippen molar-refractivity contribution in [3.05, 3.63) is 65.1 Å². The first-order valence-electron chi connectivity index (χ1n) is 11.1. The van der Waals surface area contributed by atoms with Gasteiger partial charge >= 0.3 is 0 Å². The van der Waals surface area contributed by atoms with Crippen molar-refractivity contribution in [2.24, 2.45) is 0 Å². The molecule has 0 spiro atoms. The van der Waals surface area contributed by atoms with E-state index in [4.69, 9.17) is 14.2 Å². The lowest BCUT2D eigenvalue weighted by Crippen LogP contribution is -2.14. The molecule has 0 saturated heterocycles. The molecule has 9 heteroatoms. The number of amides is 1. The van der Waals surface area contributed by atoms with Gasteiger partial charge in [0.1, 0.15) is 17.3 Å². The third-order valence-corrected chi connectivity index (χ3v) is 5.86. The van der Waals surface area contributed by atoms with Gasteiger partial charge in [-0.1, -0.05) is 6.07 Å². The topological polar surface area (TPSA) is 87.5 Å². The maximum Gasteiger partial charge on any atom is 0.224 e. The lowest BCUT2D eigenvalue weighted by atomic mass is 10.0. The quantitative estimate of drug-likeness (QED) is 0.392. The molecule has 8 nitrogen and oxygen atoms in total. The molecule has 35 heavy (non-hydrogen) atoms. The van der Waals surface area contributed by atoms with Crippen molar-refractivity contribution < 1.29 is 23.4 Å². The Bertz CT molecular complexity index is 1400. The molecule has 1 N–H and O–H groups in total. The number of hydrogen-bond acceptors (Lipinski definition) is 6. The number of carbonyl (C=O) groups is 1. The van der Waals surface area contributed by atoms with Gasteiger partial charge in [0.05, 0.1) is 38.4 Å². The minimum atomic E-state index is -0.358. The SMILES string of the molecule is COc1ccc(NC(=O)CCc2c(OC)nc3c(c(C)nn3-c3cccc(F)c3)c2C)c(OC)c1. The van der Waals surface area contributed by atoms with Gasteiger partial charge in [-0.15, -0.1) is 0 Å². The highest BCUT2D eigenvalue weighted by Crippen LogP contribution is 2.33. The van der Waals surface area contributed by atoms with Gasteiger partial charge < -0.3 is 19.5 Å². The number of carbonyl (C=O) groups excluding carboxylic acids is 1. The molecule has 0 bridgehead atoms. The summed E-state index contributed by atoms with van der Waals surface area (Å²) in [6.45, 7) is 3.84. The summed E-state index contributed by atoms with van der Waals surface area (Å²) in [4.78, 5) is 17.4. The Morgan fingerprint density at radius 3 is 2.54 bits per heavy atom. The van der Waals surface area contributed by atoms with Crippen LogP contribution in [0, 0.1) is 19.7 Å². The van der Waals surface area contributed by atoms with E-state index in [0.717, 1.165) is 22.2 Å². The molecule has 0 aliphatic heterocycles. The van der Waals surface area contributed by atoms with Crippen LogP contribution >= 0.6 is 0 Å². The van der Waals surface area contributed by atoms with Crippen molar-refractivity contribution in [2.75, 3.05) is 26.6 Å². The maximum absolute atomic E-state index is 13.8. The Hall–Kier alpha value is -4.14. The second kappa shape index (κ2) is 10.0. The van der Waals surface area contributed by atoms with Crippen LogP contribution < -0.4 is 19.5 Å². The number of hydrogen-bond donors (Lipinski definition) is 1. The first-order valence-corrected chi connectivity index (χ1v) is 11.1. The average molecular weight is 479 g/mol. The van der Waals surface area contributed by atoms with Crippen molar-refractivity contribution >= 4 is 22.6 Å². The fraction of sp³-hybridized carbons (Fsp3) is 0.269. The second-order valence-electron chi connectivity index (χ2n) is 8.01. The van der Waals surface area contributed by atoms with Crippen LogP contribution in [0.25, 0.3) is 16.7 Å². The molecular weight excluding hydrogens is 451 g/mol. The van der Waals surface area contributed by atoms with Crippen molar-refractivity contribution in [3.8, 4) is 23.1 Å². The van der Waals surface area contributed by atoms with Gasteiger partial charge in [-0.05, 0) is 56.2 Å². The molecule has 2 aromatic heterocycles. The highest BCUT2D eigenvalue weighted by molar-refractivity contribution is 5.93. The molecule has 2 aromatic carbocycles. The van der Waals surface area contributed by atoms with Crippen LogP contribution in [0.1, 0.15) is 23.2 Å². The van der Waals surface area contributed by atoms with Gasteiger partial charge in [0.15, 0.2) is 5.65 Å². The normalized spacial score (nSPS) is 10.9. The number of ether oxygens (including phenoxy) is 3. The van der Waals surface area contributed by atoms with E-state index < -0.39 is 0 Å². The number of methoxy groups -OCH3 is 3. The number of fused-ring (bicyclic) bond motifs is 1. The predicted molar refractivity (Wildman–Crippen MR) is 131 cm³/mol. The number of halogens is 1. The maximum atomic E-state index is 13.8. The van der Waals surface area contributed by atoms with Gasteiger partial charge in [-0.2, -0.15) is 10.1 Å². The standard InChI is InChI=1S/C26H27FN4O4/c1-15-20(10-12-23(32)28-21-11-9-19(33-3)14-22(21)34-4)26(35-5)29-25-24(15)16(2)30-31(25)18-8-6-7-17(27)13-18/h6-9,11,13-14H,10,12H2,1-5H3,(H,28,32). The van der Waals surface area contributed by atoms with E-state index in [-0.39, 0.29) is 18.1 Å². The van der Waals surface area contributed by atoms with E-state index in [1.54, 1.807) is 42.1 Å². The highest BCUT2D eigenvalue weighted by atomic mass is 19.1. The van der Waals surface area contributed by atoms with E-state index in [1.807, 2.05) is 13.8 Å². The van der Waals surface area contributed by atoms with Gasteiger partial charge in [0, 0.05) is 23.4 Å². The summed E-state index contributed by atoms with van der Waals surface area (Å²) in [6, 6.07) is 11.4. The fourth-order valence-electron chi connectivity index (χ4n) is 4.14. The molecule has 0 fully saturated rings. The van der Waals surface area contributed by atoms with E-state index in [2.05, 4.69) is 15.4 Å². The molecule has 182 valence electrons. The Morgan fingerprint density at radius 2 is 1.86 bits per heavy atom. The minimum absolute atomic E-state index is 0.179. The predicted octanol–water partition coefficient (Wildman–Crippen LogP) is 4.77. The van der Waals surface area contributed by atoms with Crippen LogP contribution in [0.5, 0.6) is 17.4 Å². The van der Waals surface area contributed by atoms with E-state index >= 15 is 0 Å². The number of aryl methyl sites for hydroxylation is 2. The number of nitrogens with one attached hydrogen (secondary N) is 1. The smallest absolute Gasteiger partial charge is 0.224 e. The minimum Gasteiger partial charge on any atom is -0.497 e. The van der Waals surface area contributed by atoms with Crippen LogP contribution in [0.3, 0.4) is 0 Å². The van der Waals surface area contributed by atoms with Gasteiger partial charge in [0.2, 0.25) is 11.8 Å².